The lowest BCUT2D eigenvalue weighted by molar-refractivity contribution is 0.535. The van der Waals surface area contributed by atoms with Crippen LogP contribution in [0.2, 0.25) is 0 Å². The second-order valence-electron chi connectivity index (χ2n) is 8.20. The standard InChI is InChI=1S/C29H22N4O/c1-32-26-15-9-8-14-25(26)31-29(32)24-19-20-18-23(16-17-27(20)34-28(24)30)33(21-10-4-2-5-11-21)22-12-6-3-7-13-22/h2-19,30H,1H3. The number of rotatable bonds is 4. The fourth-order valence-electron chi connectivity index (χ4n) is 4.42. The average Bonchev–Trinajstić information content (AvgIpc) is 3.21. The predicted molar refractivity (Wildman–Crippen MR) is 136 cm³/mol. The Morgan fingerprint density at radius 3 is 2.06 bits per heavy atom. The zero-order valence-corrected chi connectivity index (χ0v) is 18.6. The minimum Gasteiger partial charge on any atom is -0.438 e. The fourth-order valence-corrected chi connectivity index (χ4v) is 4.42. The van der Waals surface area contributed by atoms with Gasteiger partial charge in [-0.1, -0.05) is 48.5 Å². The zero-order chi connectivity index (χ0) is 23.1. The minimum absolute atomic E-state index is 0.0987. The van der Waals surface area contributed by atoms with E-state index >= 15 is 0 Å². The molecule has 5 nitrogen and oxygen atoms in total. The Morgan fingerprint density at radius 2 is 1.38 bits per heavy atom. The lowest BCUT2D eigenvalue weighted by Crippen LogP contribution is -2.10. The number of nitrogens with one attached hydrogen (secondary N) is 1. The molecule has 0 radical (unpaired) electrons. The summed E-state index contributed by atoms with van der Waals surface area (Å²) in [5.41, 5.74) is 6.48. The maximum Gasteiger partial charge on any atom is 0.223 e. The predicted octanol–water partition coefficient (Wildman–Crippen LogP) is 6.94. The second-order valence-corrected chi connectivity index (χ2v) is 8.20. The van der Waals surface area contributed by atoms with Crippen LogP contribution in [0.5, 0.6) is 0 Å². The van der Waals surface area contributed by atoms with Crippen molar-refractivity contribution >= 4 is 39.1 Å². The summed E-state index contributed by atoms with van der Waals surface area (Å²) >= 11 is 0. The minimum atomic E-state index is 0.0987. The quantitative estimate of drug-likeness (QED) is 0.322. The Balaban J connectivity index is 1.54. The molecule has 4 aromatic carbocycles. The number of aryl methyl sites for hydroxylation is 1. The molecule has 6 aromatic rings. The highest BCUT2D eigenvalue weighted by atomic mass is 16.3. The molecule has 6 rings (SSSR count). The summed E-state index contributed by atoms with van der Waals surface area (Å²) in [4.78, 5) is 6.99. The van der Waals surface area contributed by atoms with E-state index in [4.69, 9.17) is 14.8 Å². The van der Waals surface area contributed by atoms with Crippen LogP contribution < -0.4 is 10.5 Å². The Bertz CT molecular complexity index is 1650. The monoisotopic (exact) mass is 442 g/mol. The van der Waals surface area contributed by atoms with E-state index < -0.39 is 0 Å². The third-order valence-corrected chi connectivity index (χ3v) is 6.06. The number of fused-ring (bicyclic) bond motifs is 2. The first-order chi connectivity index (χ1) is 16.7. The summed E-state index contributed by atoms with van der Waals surface area (Å²) < 4.78 is 7.95. The van der Waals surface area contributed by atoms with Gasteiger partial charge >= 0.3 is 0 Å². The van der Waals surface area contributed by atoms with Crippen molar-refractivity contribution in [3.8, 4) is 11.4 Å². The van der Waals surface area contributed by atoms with Crippen LogP contribution in [0.1, 0.15) is 0 Å². The second kappa shape index (κ2) is 8.05. The molecular weight excluding hydrogens is 420 g/mol. The molecular formula is C29H22N4O. The number of aromatic nitrogens is 2. The van der Waals surface area contributed by atoms with Gasteiger partial charge in [0.05, 0.1) is 16.6 Å². The van der Waals surface area contributed by atoms with Crippen molar-refractivity contribution in [3.63, 3.8) is 0 Å². The molecule has 0 aliphatic carbocycles. The first-order valence-electron chi connectivity index (χ1n) is 11.1. The molecule has 0 unspecified atom stereocenters. The topological polar surface area (TPSA) is 58.1 Å². The molecule has 164 valence electrons. The van der Waals surface area contributed by atoms with Crippen molar-refractivity contribution in [3.05, 3.63) is 115 Å². The van der Waals surface area contributed by atoms with E-state index in [-0.39, 0.29) is 5.55 Å². The molecule has 0 saturated heterocycles. The molecule has 5 heteroatoms. The van der Waals surface area contributed by atoms with Crippen LogP contribution in [-0.4, -0.2) is 9.55 Å². The number of benzene rings is 4. The molecule has 0 aliphatic rings. The third kappa shape index (κ3) is 3.35. The van der Waals surface area contributed by atoms with Gasteiger partial charge in [0.2, 0.25) is 5.55 Å². The van der Waals surface area contributed by atoms with Gasteiger partial charge in [0.25, 0.3) is 0 Å². The van der Waals surface area contributed by atoms with E-state index in [1.165, 1.54) is 0 Å². The van der Waals surface area contributed by atoms with Crippen LogP contribution >= 0.6 is 0 Å². The fraction of sp³-hybridized carbons (Fsp3) is 0.0345. The number of para-hydroxylation sites is 4. The molecule has 2 heterocycles. The Hall–Kier alpha value is -4.64. The van der Waals surface area contributed by atoms with Crippen LogP contribution in [0.15, 0.2) is 114 Å². The highest BCUT2D eigenvalue weighted by Gasteiger charge is 2.16. The van der Waals surface area contributed by atoms with Gasteiger partial charge in [0.1, 0.15) is 11.4 Å². The molecule has 0 saturated carbocycles. The molecule has 0 spiro atoms. The zero-order valence-electron chi connectivity index (χ0n) is 18.6. The lowest BCUT2D eigenvalue weighted by atomic mass is 10.1. The van der Waals surface area contributed by atoms with Crippen molar-refractivity contribution in [2.45, 2.75) is 0 Å². The normalized spacial score (nSPS) is 11.2. The summed E-state index contributed by atoms with van der Waals surface area (Å²) in [5, 5.41) is 9.45. The van der Waals surface area contributed by atoms with E-state index in [1.807, 2.05) is 90.5 Å². The smallest absolute Gasteiger partial charge is 0.223 e. The SMILES string of the molecule is Cn1c(-c2cc3cc(N(c4ccccc4)c4ccccc4)ccc3oc2=N)nc2ccccc21. The Morgan fingerprint density at radius 1 is 0.735 bits per heavy atom. The molecule has 1 N–H and O–H groups in total. The van der Waals surface area contributed by atoms with E-state index in [0.29, 0.717) is 17.0 Å². The molecule has 0 fully saturated rings. The Kier molecular flexibility index (Phi) is 4.73. The highest BCUT2D eigenvalue weighted by molar-refractivity contribution is 5.89. The summed E-state index contributed by atoms with van der Waals surface area (Å²) in [6.07, 6.45) is 0. The molecule has 0 atom stereocenters. The van der Waals surface area contributed by atoms with Gasteiger partial charge in [0, 0.05) is 29.5 Å². The summed E-state index contributed by atoms with van der Waals surface area (Å²) in [6, 6.07) is 36.6. The molecule has 0 bridgehead atoms. The van der Waals surface area contributed by atoms with Crippen LogP contribution in [0.4, 0.5) is 17.1 Å². The van der Waals surface area contributed by atoms with Gasteiger partial charge in [-0.15, -0.1) is 0 Å². The van der Waals surface area contributed by atoms with Gasteiger partial charge in [-0.25, -0.2) is 4.98 Å². The first kappa shape index (κ1) is 20.0. The van der Waals surface area contributed by atoms with Crippen molar-refractivity contribution in [2.24, 2.45) is 7.05 Å². The molecule has 0 amide bonds. The van der Waals surface area contributed by atoms with Crippen molar-refractivity contribution < 1.29 is 4.42 Å². The van der Waals surface area contributed by atoms with Gasteiger partial charge in [0.15, 0.2) is 0 Å². The summed E-state index contributed by atoms with van der Waals surface area (Å²) in [5.74, 6) is 0.713. The van der Waals surface area contributed by atoms with E-state index in [1.54, 1.807) is 0 Å². The van der Waals surface area contributed by atoms with Gasteiger partial charge in [-0.2, -0.15) is 0 Å². The van der Waals surface area contributed by atoms with E-state index in [0.717, 1.165) is 33.5 Å². The van der Waals surface area contributed by atoms with Gasteiger partial charge in [-0.3, -0.25) is 5.41 Å². The highest BCUT2D eigenvalue weighted by Crippen LogP contribution is 2.36. The number of nitrogens with zero attached hydrogens (tertiary/aromatic N) is 3. The van der Waals surface area contributed by atoms with Crippen LogP contribution in [0.25, 0.3) is 33.4 Å². The van der Waals surface area contributed by atoms with Crippen molar-refractivity contribution in [2.75, 3.05) is 4.90 Å². The van der Waals surface area contributed by atoms with E-state index in [2.05, 4.69) is 35.2 Å². The van der Waals surface area contributed by atoms with E-state index in [9.17, 15) is 0 Å². The molecule has 34 heavy (non-hydrogen) atoms. The maximum atomic E-state index is 8.54. The lowest BCUT2D eigenvalue weighted by Gasteiger charge is -2.25. The van der Waals surface area contributed by atoms with Crippen LogP contribution in [-0.2, 0) is 7.05 Å². The first-order valence-corrected chi connectivity index (χ1v) is 11.1. The van der Waals surface area contributed by atoms with Crippen molar-refractivity contribution in [1.29, 1.82) is 5.41 Å². The Labute approximate surface area is 196 Å². The number of hydrogen-bond acceptors (Lipinski definition) is 4. The van der Waals surface area contributed by atoms with Crippen molar-refractivity contribution in [1.82, 2.24) is 9.55 Å². The number of hydrogen-bond donors (Lipinski definition) is 1. The van der Waals surface area contributed by atoms with Crippen LogP contribution in [0, 0.1) is 5.41 Å². The third-order valence-electron chi connectivity index (χ3n) is 6.06. The van der Waals surface area contributed by atoms with Gasteiger partial charge in [-0.05, 0) is 60.7 Å². The number of imidazole rings is 1. The molecule has 0 aliphatic heterocycles. The summed E-state index contributed by atoms with van der Waals surface area (Å²) in [6.45, 7) is 0. The maximum absolute atomic E-state index is 8.54. The summed E-state index contributed by atoms with van der Waals surface area (Å²) in [7, 11) is 1.97. The van der Waals surface area contributed by atoms with Crippen LogP contribution in [0.3, 0.4) is 0 Å². The van der Waals surface area contributed by atoms with Gasteiger partial charge < -0.3 is 13.9 Å². The largest absolute Gasteiger partial charge is 0.438 e. The molecule has 2 aromatic heterocycles. The number of anilines is 3. The average molecular weight is 443 g/mol.